The largest absolute Gasteiger partial charge is 0.491 e. The van der Waals surface area contributed by atoms with Crippen LogP contribution < -0.4 is 4.74 Å². The number of carbonyl (C=O) groups excluding carboxylic acids is 2. The number of rotatable bonds is 7. The maximum atomic E-state index is 13.1. The molecule has 0 N–H and O–H groups in total. The first-order valence-electron chi connectivity index (χ1n) is 10.1. The lowest BCUT2D eigenvalue weighted by molar-refractivity contribution is -0.0884. The highest BCUT2D eigenvalue weighted by atomic mass is 19.4. The van der Waals surface area contributed by atoms with Gasteiger partial charge in [0.2, 0.25) is 0 Å². The zero-order valence-electron chi connectivity index (χ0n) is 18.2. The van der Waals surface area contributed by atoms with Crippen LogP contribution in [0.3, 0.4) is 0 Å². The Kier molecular flexibility index (Phi) is 6.62. The summed E-state index contributed by atoms with van der Waals surface area (Å²) in [7, 11) is 1.21. The molecule has 0 spiro atoms. The van der Waals surface area contributed by atoms with Crippen LogP contribution in [-0.2, 0) is 11.3 Å². The van der Waals surface area contributed by atoms with Gasteiger partial charge in [-0.25, -0.2) is 4.79 Å². The van der Waals surface area contributed by atoms with E-state index in [4.69, 9.17) is 9.47 Å². The van der Waals surface area contributed by atoms with Crippen LogP contribution in [0.15, 0.2) is 42.6 Å². The third kappa shape index (κ3) is 4.79. The van der Waals surface area contributed by atoms with E-state index in [1.54, 1.807) is 0 Å². The maximum Gasteiger partial charge on any atom is 0.454 e. The van der Waals surface area contributed by atoms with Gasteiger partial charge >= 0.3 is 12.1 Å². The molecule has 1 aromatic heterocycles. The second-order valence-electron chi connectivity index (χ2n) is 7.83. The van der Waals surface area contributed by atoms with Crippen LogP contribution in [-0.4, -0.2) is 36.2 Å². The fourth-order valence-electron chi connectivity index (χ4n) is 3.55. The van der Waals surface area contributed by atoms with Gasteiger partial charge in [0, 0.05) is 17.1 Å². The van der Waals surface area contributed by atoms with Gasteiger partial charge < -0.3 is 14.0 Å². The van der Waals surface area contributed by atoms with E-state index in [2.05, 4.69) is 0 Å². The standard InChI is InChI=1S/C24H24F3NO4/c1-14(2)17-7-5-15(3)11-21(17)32-10-9-28-13-19(22(29)24(25,26)27)18-8-6-16(12-20(18)28)23(30)31-4/h5-8,11-14H,9-10H2,1-4H3. The summed E-state index contributed by atoms with van der Waals surface area (Å²) in [5.41, 5.74) is 2.07. The Morgan fingerprint density at radius 2 is 1.81 bits per heavy atom. The zero-order valence-corrected chi connectivity index (χ0v) is 18.2. The summed E-state index contributed by atoms with van der Waals surface area (Å²) in [4.78, 5) is 23.9. The summed E-state index contributed by atoms with van der Waals surface area (Å²) in [6.07, 6.45) is -3.85. The molecule has 0 fully saturated rings. The van der Waals surface area contributed by atoms with Gasteiger partial charge in [0.15, 0.2) is 0 Å². The number of esters is 1. The summed E-state index contributed by atoms with van der Waals surface area (Å²) in [5, 5.41) is 0.110. The monoisotopic (exact) mass is 447 g/mol. The summed E-state index contributed by atoms with van der Waals surface area (Å²) in [6, 6.07) is 9.98. The lowest BCUT2D eigenvalue weighted by Crippen LogP contribution is -2.22. The SMILES string of the molecule is COC(=O)c1ccc2c(C(=O)C(F)(F)F)cn(CCOc3cc(C)ccc3C(C)C)c2c1. The van der Waals surface area contributed by atoms with E-state index < -0.39 is 23.5 Å². The first-order chi connectivity index (χ1) is 15.0. The van der Waals surface area contributed by atoms with Crippen molar-refractivity contribution in [3.05, 3.63) is 64.8 Å². The van der Waals surface area contributed by atoms with E-state index in [0.717, 1.165) is 17.3 Å². The molecule has 0 aliphatic rings. The van der Waals surface area contributed by atoms with Crippen LogP contribution in [0.4, 0.5) is 13.2 Å². The molecular weight excluding hydrogens is 423 g/mol. The number of methoxy groups -OCH3 is 1. The molecule has 0 aliphatic carbocycles. The summed E-state index contributed by atoms with van der Waals surface area (Å²) in [6.45, 7) is 6.37. The predicted molar refractivity (Wildman–Crippen MR) is 114 cm³/mol. The molecule has 0 saturated carbocycles. The van der Waals surface area contributed by atoms with Crippen molar-refractivity contribution in [2.45, 2.75) is 39.4 Å². The molecule has 3 rings (SSSR count). The average Bonchev–Trinajstić information content (AvgIpc) is 3.09. The number of hydrogen-bond donors (Lipinski definition) is 0. The van der Waals surface area contributed by atoms with Crippen LogP contribution >= 0.6 is 0 Å². The number of ether oxygens (including phenoxy) is 2. The predicted octanol–water partition coefficient (Wildman–Crippen LogP) is 5.68. The van der Waals surface area contributed by atoms with Gasteiger partial charge in [-0.05, 0) is 42.2 Å². The van der Waals surface area contributed by atoms with Crippen molar-refractivity contribution in [1.29, 1.82) is 0 Å². The normalized spacial score (nSPS) is 11.8. The molecule has 5 nitrogen and oxygen atoms in total. The fourth-order valence-corrected chi connectivity index (χ4v) is 3.55. The Balaban J connectivity index is 1.96. The Hall–Kier alpha value is -3.29. The molecule has 170 valence electrons. The van der Waals surface area contributed by atoms with Crippen molar-refractivity contribution >= 4 is 22.7 Å². The minimum Gasteiger partial charge on any atom is -0.491 e. The smallest absolute Gasteiger partial charge is 0.454 e. The van der Waals surface area contributed by atoms with Gasteiger partial charge in [-0.3, -0.25) is 4.79 Å². The number of fused-ring (bicyclic) bond motifs is 1. The molecule has 0 atom stereocenters. The first kappa shape index (κ1) is 23.4. The number of ketones is 1. The molecular formula is C24H24F3NO4. The van der Waals surface area contributed by atoms with Crippen molar-refractivity contribution in [1.82, 2.24) is 4.57 Å². The molecule has 0 aliphatic heterocycles. The Morgan fingerprint density at radius 1 is 1.09 bits per heavy atom. The van der Waals surface area contributed by atoms with Crippen molar-refractivity contribution in [3.63, 3.8) is 0 Å². The van der Waals surface area contributed by atoms with Crippen LogP contribution in [0.2, 0.25) is 0 Å². The van der Waals surface area contributed by atoms with Gasteiger partial charge in [0.25, 0.3) is 5.78 Å². The second kappa shape index (κ2) is 9.06. The van der Waals surface area contributed by atoms with Crippen molar-refractivity contribution in [3.8, 4) is 5.75 Å². The molecule has 0 amide bonds. The third-order valence-corrected chi connectivity index (χ3v) is 5.19. The minimum absolute atomic E-state index is 0.110. The quantitative estimate of drug-likeness (QED) is 0.345. The van der Waals surface area contributed by atoms with E-state index in [-0.39, 0.29) is 30.0 Å². The third-order valence-electron chi connectivity index (χ3n) is 5.19. The van der Waals surface area contributed by atoms with Crippen LogP contribution in [0.25, 0.3) is 10.9 Å². The van der Waals surface area contributed by atoms with Crippen LogP contribution in [0.1, 0.15) is 51.6 Å². The van der Waals surface area contributed by atoms with Crippen molar-refractivity contribution in [2.24, 2.45) is 0 Å². The number of nitrogens with zero attached hydrogens (tertiary/aromatic N) is 1. The van der Waals surface area contributed by atoms with Crippen LogP contribution in [0, 0.1) is 6.92 Å². The van der Waals surface area contributed by atoms with E-state index >= 15 is 0 Å². The minimum atomic E-state index is -5.01. The molecule has 8 heteroatoms. The fraction of sp³-hybridized carbons (Fsp3) is 0.333. The molecule has 3 aromatic rings. The number of aryl methyl sites for hydroxylation is 1. The van der Waals surface area contributed by atoms with Crippen molar-refractivity contribution < 1.29 is 32.2 Å². The highest BCUT2D eigenvalue weighted by molar-refractivity contribution is 6.11. The van der Waals surface area contributed by atoms with Crippen molar-refractivity contribution in [2.75, 3.05) is 13.7 Å². The van der Waals surface area contributed by atoms with E-state index in [1.807, 2.05) is 39.0 Å². The van der Waals surface area contributed by atoms with Gasteiger partial charge in [-0.15, -0.1) is 0 Å². The Morgan fingerprint density at radius 3 is 2.44 bits per heavy atom. The van der Waals surface area contributed by atoms with Gasteiger partial charge in [0.05, 0.1) is 24.8 Å². The van der Waals surface area contributed by atoms with Gasteiger partial charge in [-0.2, -0.15) is 13.2 Å². The van der Waals surface area contributed by atoms with E-state index in [9.17, 15) is 22.8 Å². The summed E-state index contributed by atoms with van der Waals surface area (Å²) < 4.78 is 51.5. The summed E-state index contributed by atoms with van der Waals surface area (Å²) in [5.74, 6) is -1.62. The second-order valence-corrected chi connectivity index (χ2v) is 7.83. The topological polar surface area (TPSA) is 57.5 Å². The molecule has 0 radical (unpaired) electrons. The lowest BCUT2D eigenvalue weighted by atomic mass is 10.0. The number of hydrogen-bond acceptors (Lipinski definition) is 4. The number of halogens is 3. The molecule has 32 heavy (non-hydrogen) atoms. The lowest BCUT2D eigenvalue weighted by Gasteiger charge is -2.15. The van der Waals surface area contributed by atoms with Crippen LogP contribution in [0.5, 0.6) is 5.75 Å². The maximum absolute atomic E-state index is 13.1. The van der Waals surface area contributed by atoms with Gasteiger partial charge in [-0.1, -0.05) is 32.0 Å². The highest BCUT2D eigenvalue weighted by Crippen LogP contribution is 2.30. The number of alkyl halides is 3. The first-order valence-corrected chi connectivity index (χ1v) is 10.1. The van der Waals surface area contributed by atoms with Gasteiger partial charge in [0.1, 0.15) is 12.4 Å². The Bertz CT molecular complexity index is 1160. The number of Topliss-reactive ketones (excluding diaryl/α,β-unsaturated/α-hetero) is 1. The van der Waals surface area contributed by atoms with E-state index in [1.165, 1.54) is 29.9 Å². The highest BCUT2D eigenvalue weighted by Gasteiger charge is 2.40. The van der Waals surface area contributed by atoms with E-state index in [0.29, 0.717) is 11.3 Å². The molecule has 0 saturated heterocycles. The average molecular weight is 447 g/mol. The molecule has 1 heterocycles. The molecule has 2 aromatic carbocycles. The molecule has 0 unspecified atom stereocenters. The summed E-state index contributed by atoms with van der Waals surface area (Å²) >= 11 is 0. The Labute approximate surface area is 183 Å². The number of benzene rings is 2. The molecule has 0 bridgehead atoms. The zero-order chi connectivity index (χ0) is 23.6. The number of aromatic nitrogens is 1. The number of carbonyl (C=O) groups is 2.